The number of hydrogen-bond acceptors (Lipinski definition) is 8. The third-order valence-corrected chi connectivity index (χ3v) is 1.74. The molecule has 0 aromatic heterocycles. The molecule has 21 heavy (non-hydrogen) atoms. The average molecular weight is 312 g/mol. The smallest absolute Gasteiger partial charge is 0.435 e. The summed E-state index contributed by atoms with van der Waals surface area (Å²) >= 11 is 0. The van der Waals surface area contributed by atoms with Crippen LogP contribution < -0.4 is 0 Å². The highest BCUT2D eigenvalue weighted by Crippen LogP contribution is 1.82. The summed E-state index contributed by atoms with van der Waals surface area (Å²) in [6.45, 7) is 6.98. The first-order valence-corrected chi connectivity index (χ1v) is 6.97. The predicted octanol–water partition coefficient (Wildman–Crippen LogP) is 0.200. The highest BCUT2D eigenvalue weighted by molar-refractivity contribution is 5.59. The van der Waals surface area contributed by atoms with Crippen LogP contribution in [0, 0.1) is 0 Å². The molecule has 0 rings (SSSR count). The lowest BCUT2D eigenvalue weighted by Gasteiger charge is -2.04. The summed E-state index contributed by atoms with van der Waals surface area (Å²) in [5.41, 5.74) is 0. The zero-order chi connectivity index (χ0) is 16.2. The standard InChI is InChI=1S/C8H18O5.C5H10O3/c9-1-3-11-5-7-13-8-6-12-4-2-10;1-3-7-5(6)8-4-2/h9-10H,1-8H2;3-4H2,1-2H3. The second-order valence-electron chi connectivity index (χ2n) is 3.40. The number of carbonyl (C=O) groups excluding carboxylic acids is 1. The van der Waals surface area contributed by atoms with E-state index in [-0.39, 0.29) is 13.2 Å². The number of aliphatic hydroxyl groups is 2. The van der Waals surface area contributed by atoms with Crippen LogP contribution in [0.1, 0.15) is 13.8 Å². The highest BCUT2D eigenvalue weighted by atomic mass is 16.7. The van der Waals surface area contributed by atoms with E-state index in [1.807, 2.05) is 0 Å². The van der Waals surface area contributed by atoms with Crippen molar-refractivity contribution >= 4 is 6.16 Å². The van der Waals surface area contributed by atoms with E-state index < -0.39 is 6.16 Å². The maximum absolute atomic E-state index is 10.2. The summed E-state index contributed by atoms with van der Waals surface area (Å²) in [6.07, 6.45) is -0.588. The largest absolute Gasteiger partial charge is 0.508 e. The van der Waals surface area contributed by atoms with Gasteiger partial charge in [-0.1, -0.05) is 0 Å². The Labute approximate surface area is 125 Å². The van der Waals surface area contributed by atoms with Crippen molar-refractivity contribution in [3.05, 3.63) is 0 Å². The molecular formula is C13H28O8. The van der Waals surface area contributed by atoms with Gasteiger partial charge in [-0.2, -0.15) is 0 Å². The van der Waals surface area contributed by atoms with Crippen LogP contribution in [-0.4, -0.2) is 82.4 Å². The topological polar surface area (TPSA) is 104 Å². The van der Waals surface area contributed by atoms with Crippen molar-refractivity contribution in [1.82, 2.24) is 0 Å². The summed E-state index contributed by atoms with van der Waals surface area (Å²) in [7, 11) is 0. The predicted molar refractivity (Wildman–Crippen MR) is 75.3 cm³/mol. The van der Waals surface area contributed by atoms with Gasteiger partial charge < -0.3 is 33.9 Å². The van der Waals surface area contributed by atoms with Gasteiger partial charge >= 0.3 is 6.16 Å². The van der Waals surface area contributed by atoms with Gasteiger partial charge in [-0.3, -0.25) is 0 Å². The van der Waals surface area contributed by atoms with Crippen LogP contribution in [0.5, 0.6) is 0 Å². The molecule has 0 spiro atoms. The molecule has 0 unspecified atom stereocenters. The molecule has 0 aliphatic rings. The highest BCUT2D eigenvalue weighted by Gasteiger charge is 1.96. The van der Waals surface area contributed by atoms with E-state index in [9.17, 15) is 4.79 Å². The van der Waals surface area contributed by atoms with Crippen LogP contribution in [0.3, 0.4) is 0 Å². The number of carbonyl (C=O) groups is 1. The number of aliphatic hydroxyl groups excluding tert-OH is 2. The van der Waals surface area contributed by atoms with Gasteiger partial charge in [0.05, 0.1) is 66.1 Å². The second kappa shape index (κ2) is 21.4. The number of hydrogen-bond donors (Lipinski definition) is 2. The van der Waals surface area contributed by atoms with E-state index in [2.05, 4.69) is 9.47 Å². The Morgan fingerprint density at radius 2 is 1.05 bits per heavy atom. The minimum atomic E-state index is -0.588. The Morgan fingerprint density at radius 1 is 0.714 bits per heavy atom. The van der Waals surface area contributed by atoms with E-state index >= 15 is 0 Å². The number of rotatable bonds is 12. The second-order valence-corrected chi connectivity index (χ2v) is 3.40. The van der Waals surface area contributed by atoms with E-state index in [1.54, 1.807) is 13.8 Å². The molecule has 128 valence electrons. The van der Waals surface area contributed by atoms with Crippen molar-refractivity contribution in [2.24, 2.45) is 0 Å². The lowest BCUT2D eigenvalue weighted by molar-refractivity contribution is 0.00230. The van der Waals surface area contributed by atoms with Crippen molar-refractivity contribution in [1.29, 1.82) is 0 Å². The quantitative estimate of drug-likeness (QED) is 0.389. The third kappa shape index (κ3) is 24.5. The molecule has 0 radical (unpaired) electrons. The van der Waals surface area contributed by atoms with Crippen LogP contribution in [0.2, 0.25) is 0 Å². The fourth-order valence-electron chi connectivity index (χ4n) is 0.948. The molecule has 0 fully saturated rings. The van der Waals surface area contributed by atoms with Crippen LogP contribution in [-0.2, 0) is 23.7 Å². The fourth-order valence-corrected chi connectivity index (χ4v) is 0.948. The summed E-state index contributed by atoms with van der Waals surface area (Å²) in [4.78, 5) is 10.2. The summed E-state index contributed by atoms with van der Waals surface area (Å²) in [5.74, 6) is 0. The molecule has 8 heteroatoms. The molecule has 0 saturated carbocycles. The van der Waals surface area contributed by atoms with Crippen LogP contribution in [0.25, 0.3) is 0 Å². The van der Waals surface area contributed by atoms with E-state index in [4.69, 9.17) is 24.4 Å². The van der Waals surface area contributed by atoms with Crippen LogP contribution >= 0.6 is 0 Å². The van der Waals surface area contributed by atoms with Gasteiger partial charge in [-0.15, -0.1) is 0 Å². The first-order chi connectivity index (χ1) is 10.2. The maximum Gasteiger partial charge on any atom is 0.508 e. The Kier molecular flexibility index (Phi) is 22.7. The first kappa shape index (κ1) is 22.4. The summed E-state index contributed by atoms with van der Waals surface area (Å²) < 4.78 is 23.9. The van der Waals surface area contributed by atoms with Gasteiger partial charge in [0.15, 0.2) is 0 Å². The van der Waals surface area contributed by atoms with Crippen LogP contribution in [0.4, 0.5) is 4.79 Å². The van der Waals surface area contributed by atoms with Crippen molar-refractivity contribution in [3.63, 3.8) is 0 Å². The third-order valence-electron chi connectivity index (χ3n) is 1.74. The lowest BCUT2D eigenvalue weighted by Crippen LogP contribution is -2.11. The molecule has 0 bridgehead atoms. The average Bonchev–Trinajstić information content (AvgIpc) is 2.47. The molecule has 0 aliphatic heterocycles. The minimum absolute atomic E-state index is 0.0413. The van der Waals surface area contributed by atoms with Crippen molar-refractivity contribution in [2.75, 3.05) is 66.1 Å². The molecule has 0 heterocycles. The van der Waals surface area contributed by atoms with E-state index in [0.29, 0.717) is 52.9 Å². The fraction of sp³-hybridized carbons (Fsp3) is 0.923. The molecule has 2 N–H and O–H groups in total. The minimum Gasteiger partial charge on any atom is -0.435 e. The first-order valence-electron chi connectivity index (χ1n) is 6.97. The van der Waals surface area contributed by atoms with Crippen molar-refractivity contribution < 1.29 is 38.7 Å². The molecule has 0 atom stereocenters. The van der Waals surface area contributed by atoms with Crippen molar-refractivity contribution in [2.45, 2.75) is 13.8 Å². The van der Waals surface area contributed by atoms with Gasteiger partial charge in [0, 0.05) is 0 Å². The maximum atomic E-state index is 10.2. The van der Waals surface area contributed by atoms with E-state index in [0.717, 1.165) is 0 Å². The van der Waals surface area contributed by atoms with Gasteiger partial charge in [0.25, 0.3) is 0 Å². The molecular weight excluding hydrogens is 284 g/mol. The van der Waals surface area contributed by atoms with Gasteiger partial charge in [0.2, 0.25) is 0 Å². The Bertz CT molecular complexity index is 183. The summed E-state index contributed by atoms with van der Waals surface area (Å²) in [5, 5.41) is 16.7. The van der Waals surface area contributed by atoms with Crippen LogP contribution in [0.15, 0.2) is 0 Å². The molecule has 0 aromatic rings. The molecule has 0 aliphatic carbocycles. The van der Waals surface area contributed by atoms with E-state index in [1.165, 1.54) is 0 Å². The zero-order valence-corrected chi connectivity index (χ0v) is 12.9. The normalized spacial score (nSPS) is 9.71. The molecule has 0 aromatic carbocycles. The SMILES string of the molecule is CCOC(=O)OCC.OCCOCCOCCOCCO. The molecule has 8 nitrogen and oxygen atoms in total. The Morgan fingerprint density at radius 3 is 1.33 bits per heavy atom. The lowest BCUT2D eigenvalue weighted by atomic mass is 10.7. The Hall–Kier alpha value is -0.930. The van der Waals surface area contributed by atoms with Gasteiger partial charge in [-0.25, -0.2) is 4.79 Å². The Balaban J connectivity index is 0. The van der Waals surface area contributed by atoms with Gasteiger partial charge in [0.1, 0.15) is 0 Å². The monoisotopic (exact) mass is 312 g/mol. The number of ether oxygens (including phenoxy) is 5. The molecule has 0 amide bonds. The zero-order valence-electron chi connectivity index (χ0n) is 12.9. The van der Waals surface area contributed by atoms with Gasteiger partial charge in [-0.05, 0) is 13.8 Å². The summed E-state index contributed by atoms with van der Waals surface area (Å²) in [6, 6.07) is 0. The molecule has 0 saturated heterocycles. The van der Waals surface area contributed by atoms with Crippen molar-refractivity contribution in [3.8, 4) is 0 Å².